The maximum Gasteiger partial charge on any atom is 0.416 e. The highest BCUT2D eigenvalue weighted by Crippen LogP contribution is 2.30. The molecule has 3 aromatic rings. The third kappa shape index (κ3) is 4.01. The van der Waals surface area contributed by atoms with Gasteiger partial charge in [-0.25, -0.2) is 4.98 Å². The second-order valence-electron chi connectivity index (χ2n) is 6.29. The predicted octanol–water partition coefficient (Wildman–Crippen LogP) is 2.29. The lowest BCUT2D eigenvalue weighted by molar-refractivity contribution is -0.137. The Morgan fingerprint density at radius 2 is 1.81 bits per heavy atom. The normalized spacial score (nSPS) is 16.0. The van der Waals surface area contributed by atoms with Crippen LogP contribution in [0.2, 0.25) is 0 Å². The number of alkyl halides is 3. The first-order valence-corrected chi connectivity index (χ1v) is 8.57. The van der Waals surface area contributed by atoms with E-state index in [0.29, 0.717) is 23.8 Å². The predicted molar refractivity (Wildman–Crippen MR) is 93.7 cm³/mol. The summed E-state index contributed by atoms with van der Waals surface area (Å²) in [6.45, 7) is 4.40. The molecule has 0 aliphatic carbocycles. The van der Waals surface area contributed by atoms with Crippen molar-refractivity contribution in [1.82, 2.24) is 29.8 Å². The molecule has 0 bridgehead atoms. The summed E-state index contributed by atoms with van der Waals surface area (Å²) in [5.74, 6) is 1.08. The van der Waals surface area contributed by atoms with Gasteiger partial charge in [0.05, 0.1) is 12.1 Å². The molecular weight excluding hydrogens is 359 g/mol. The molecule has 2 aromatic heterocycles. The fraction of sp³-hybridized carbons (Fsp3) is 0.353. The average molecular weight is 377 g/mol. The van der Waals surface area contributed by atoms with Gasteiger partial charge in [-0.2, -0.15) is 22.7 Å². The summed E-state index contributed by atoms with van der Waals surface area (Å²) in [7, 11) is 0. The van der Waals surface area contributed by atoms with Crippen molar-refractivity contribution in [3.05, 3.63) is 47.9 Å². The highest BCUT2D eigenvalue weighted by Gasteiger charge is 2.30. The molecule has 1 fully saturated rings. The van der Waals surface area contributed by atoms with Crippen molar-refractivity contribution in [3.63, 3.8) is 0 Å². The Balaban J connectivity index is 1.53. The molecule has 0 amide bonds. The summed E-state index contributed by atoms with van der Waals surface area (Å²) in [4.78, 5) is 11.1. The average Bonchev–Trinajstić information content (AvgIpc) is 3.06. The van der Waals surface area contributed by atoms with E-state index in [1.165, 1.54) is 12.1 Å². The lowest BCUT2D eigenvalue weighted by Crippen LogP contribution is -2.43. The summed E-state index contributed by atoms with van der Waals surface area (Å²) >= 11 is 0. The lowest BCUT2D eigenvalue weighted by Gasteiger charge is -2.26. The summed E-state index contributed by atoms with van der Waals surface area (Å²) < 4.78 is 39.6. The van der Waals surface area contributed by atoms with Crippen LogP contribution in [0.25, 0.3) is 5.65 Å². The van der Waals surface area contributed by atoms with Crippen LogP contribution in [-0.2, 0) is 12.7 Å². The fourth-order valence-electron chi connectivity index (χ4n) is 2.97. The molecule has 1 aliphatic rings. The van der Waals surface area contributed by atoms with E-state index in [0.717, 1.165) is 44.1 Å². The van der Waals surface area contributed by atoms with Crippen molar-refractivity contribution in [3.8, 4) is 0 Å². The van der Waals surface area contributed by atoms with E-state index in [4.69, 9.17) is 0 Å². The monoisotopic (exact) mass is 377 g/mol. The molecule has 7 nitrogen and oxygen atoms in total. The van der Waals surface area contributed by atoms with Gasteiger partial charge < -0.3 is 10.6 Å². The van der Waals surface area contributed by atoms with Crippen LogP contribution in [0.15, 0.2) is 36.5 Å². The van der Waals surface area contributed by atoms with Gasteiger partial charge in [0.1, 0.15) is 5.82 Å². The number of piperazine rings is 1. The van der Waals surface area contributed by atoms with Crippen LogP contribution in [0, 0.1) is 0 Å². The first-order chi connectivity index (χ1) is 13.0. The molecule has 2 N–H and O–H groups in total. The Hall–Kier alpha value is -2.72. The summed E-state index contributed by atoms with van der Waals surface area (Å²) in [6.07, 6.45) is -2.67. The number of anilines is 2. The number of nitrogens with zero attached hydrogens (tertiary/aromatic N) is 5. The fourth-order valence-corrected chi connectivity index (χ4v) is 2.97. The number of benzene rings is 1. The smallest absolute Gasteiger partial charge is 0.323 e. The summed E-state index contributed by atoms with van der Waals surface area (Å²) in [6, 6.07) is 6.50. The van der Waals surface area contributed by atoms with Crippen molar-refractivity contribution < 1.29 is 13.2 Å². The van der Waals surface area contributed by atoms with Crippen LogP contribution in [0.4, 0.5) is 24.8 Å². The second kappa shape index (κ2) is 7.12. The van der Waals surface area contributed by atoms with E-state index in [1.807, 2.05) is 0 Å². The highest BCUT2D eigenvalue weighted by molar-refractivity contribution is 5.56. The minimum Gasteiger partial charge on any atom is -0.323 e. The SMILES string of the molecule is FC(F)(F)c1ccc(Nc2nc3ccnc(CN4CCNCC4)n3n2)cc1. The molecule has 1 aliphatic heterocycles. The minimum absolute atomic E-state index is 0.310. The van der Waals surface area contributed by atoms with Gasteiger partial charge in [0.25, 0.3) is 0 Å². The van der Waals surface area contributed by atoms with Crippen LogP contribution >= 0.6 is 0 Å². The summed E-state index contributed by atoms with van der Waals surface area (Å²) in [5.41, 5.74) is 0.415. The molecule has 0 saturated carbocycles. The largest absolute Gasteiger partial charge is 0.416 e. The molecule has 0 atom stereocenters. The number of hydrogen-bond donors (Lipinski definition) is 2. The van der Waals surface area contributed by atoms with E-state index in [9.17, 15) is 13.2 Å². The van der Waals surface area contributed by atoms with Crippen LogP contribution in [0.1, 0.15) is 11.4 Å². The number of nitrogens with one attached hydrogen (secondary N) is 2. The van der Waals surface area contributed by atoms with Gasteiger partial charge in [-0.15, -0.1) is 5.10 Å². The zero-order valence-corrected chi connectivity index (χ0v) is 14.4. The maximum absolute atomic E-state index is 12.7. The van der Waals surface area contributed by atoms with Crippen LogP contribution in [0.3, 0.4) is 0 Å². The quantitative estimate of drug-likeness (QED) is 0.727. The third-order valence-corrected chi connectivity index (χ3v) is 4.37. The van der Waals surface area contributed by atoms with Gasteiger partial charge in [0.2, 0.25) is 5.95 Å². The topological polar surface area (TPSA) is 70.4 Å². The Kier molecular flexibility index (Phi) is 4.66. The molecule has 142 valence electrons. The molecular formula is C17H18F3N7. The van der Waals surface area contributed by atoms with Gasteiger partial charge in [-0.3, -0.25) is 4.90 Å². The van der Waals surface area contributed by atoms with Crippen molar-refractivity contribution in [2.24, 2.45) is 0 Å². The zero-order valence-electron chi connectivity index (χ0n) is 14.4. The van der Waals surface area contributed by atoms with E-state index in [-0.39, 0.29) is 0 Å². The van der Waals surface area contributed by atoms with Crippen LogP contribution < -0.4 is 10.6 Å². The van der Waals surface area contributed by atoms with Gasteiger partial charge >= 0.3 is 6.18 Å². The van der Waals surface area contributed by atoms with Gasteiger partial charge in [-0.1, -0.05) is 0 Å². The van der Waals surface area contributed by atoms with E-state index < -0.39 is 11.7 Å². The van der Waals surface area contributed by atoms with Gasteiger partial charge in [-0.05, 0) is 24.3 Å². The Morgan fingerprint density at radius 3 is 2.52 bits per heavy atom. The molecule has 10 heteroatoms. The maximum atomic E-state index is 12.7. The lowest BCUT2D eigenvalue weighted by atomic mass is 10.2. The van der Waals surface area contributed by atoms with Crippen molar-refractivity contribution in [1.29, 1.82) is 0 Å². The molecule has 27 heavy (non-hydrogen) atoms. The Bertz CT molecular complexity index is 914. The first kappa shape index (κ1) is 17.7. The molecule has 0 radical (unpaired) electrons. The number of aromatic nitrogens is 4. The van der Waals surface area contributed by atoms with E-state index in [2.05, 4.69) is 30.6 Å². The van der Waals surface area contributed by atoms with Gasteiger partial charge in [0, 0.05) is 44.1 Å². The number of hydrogen-bond acceptors (Lipinski definition) is 6. The molecule has 0 unspecified atom stereocenters. The highest BCUT2D eigenvalue weighted by atomic mass is 19.4. The van der Waals surface area contributed by atoms with Gasteiger partial charge in [0.15, 0.2) is 5.65 Å². The summed E-state index contributed by atoms with van der Waals surface area (Å²) in [5, 5.41) is 10.7. The molecule has 3 heterocycles. The van der Waals surface area contributed by atoms with E-state index >= 15 is 0 Å². The van der Waals surface area contributed by atoms with Crippen molar-refractivity contribution in [2.75, 3.05) is 31.5 Å². The third-order valence-electron chi connectivity index (χ3n) is 4.37. The molecule has 1 aromatic carbocycles. The number of halogens is 3. The first-order valence-electron chi connectivity index (χ1n) is 8.57. The number of rotatable bonds is 4. The Labute approximate surface area is 153 Å². The standard InChI is InChI=1S/C17H18F3N7/c18-17(19,20)12-1-3-13(4-2-12)23-16-24-14-5-6-22-15(27(14)25-16)11-26-9-7-21-8-10-26/h1-6,21H,7-11H2,(H,23,25). The molecule has 0 spiro atoms. The van der Waals surface area contributed by atoms with Crippen LogP contribution in [0.5, 0.6) is 0 Å². The number of fused-ring (bicyclic) bond motifs is 1. The zero-order chi connectivity index (χ0) is 18.9. The van der Waals surface area contributed by atoms with Crippen molar-refractivity contribution in [2.45, 2.75) is 12.7 Å². The molecule has 4 rings (SSSR count). The molecule has 1 saturated heterocycles. The van der Waals surface area contributed by atoms with Crippen LogP contribution in [-0.4, -0.2) is 50.7 Å². The van der Waals surface area contributed by atoms with Crippen molar-refractivity contribution >= 4 is 17.3 Å². The van der Waals surface area contributed by atoms with E-state index in [1.54, 1.807) is 16.8 Å². The Morgan fingerprint density at radius 1 is 1.07 bits per heavy atom. The minimum atomic E-state index is -4.36. The second-order valence-corrected chi connectivity index (χ2v) is 6.29.